The lowest BCUT2D eigenvalue weighted by Gasteiger charge is -2.29. The molecule has 1 saturated carbocycles. The first kappa shape index (κ1) is 16.8. The van der Waals surface area contributed by atoms with Gasteiger partial charge in [0.1, 0.15) is 0 Å². The minimum atomic E-state index is 0.260. The van der Waals surface area contributed by atoms with Crippen molar-refractivity contribution in [2.24, 2.45) is 11.7 Å². The third-order valence-corrected chi connectivity index (χ3v) is 4.79. The summed E-state index contributed by atoms with van der Waals surface area (Å²) in [4.78, 5) is 2.63. The zero-order valence-electron chi connectivity index (χ0n) is 13.6. The lowest BCUT2D eigenvalue weighted by molar-refractivity contribution is 0.568. The van der Waals surface area contributed by atoms with Gasteiger partial charge in [-0.25, -0.2) is 0 Å². The van der Waals surface area contributed by atoms with Crippen LogP contribution in [-0.2, 0) is 6.42 Å². The summed E-state index contributed by atoms with van der Waals surface area (Å²) in [6.07, 6.45) is 5.94. The van der Waals surface area contributed by atoms with E-state index in [0.29, 0.717) is 0 Å². The molecule has 1 atom stereocenters. The SMILES string of the molecule is CCC(N)Cc1ccc(Br)cc1N(CCC(C)C)C1CC1. The average molecular weight is 353 g/mol. The second-order valence-corrected chi connectivity index (χ2v) is 7.67. The topological polar surface area (TPSA) is 29.3 Å². The Morgan fingerprint density at radius 3 is 2.62 bits per heavy atom. The van der Waals surface area contributed by atoms with Gasteiger partial charge in [0.05, 0.1) is 0 Å². The summed E-state index contributed by atoms with van der Waals surface area (Å²) < 4.78 is 1.17. The first-order chi connectivity index (χ1) is 10.0. The third-order valence-electron chi connectivity index (χ3n) is 4.30. The Morgan fingerprint density at radius 2 is 2.05 bits per heavy atom. The molecule has 2 N–H and O–H groups in total. The molecular weight excluding hydrogens is 324 g/mol. The molecule has 1 aromatic rings. The van der Waals surface area contributed by atoms with E-state index in [-0.39, 0.29) is 6.04 Å². The van der Waals surface area contributed by atoms with Crippen molar-refractivity contribution in [3.8, 4) is 0 Å². The number of benzene rings is 1. The van der Waals surface area contributed by atoms with Gasteiger partial charge >= 0.3 is 0 Å². The maximum Gasteiger partial charge on any atom is 0.0413 e. The van der Waals surface area contributed by atoms with E-state index in [0.717, 1.165) is 31.3 Å². The molecule has 3 heteroatoms. The fourth-order valence-electron chi connectivity index (χ4n) is 2.69. The lowest BCUT2D eigenvalue weighted by atomic mass is 10.0. The number of nitrogens with zero attached hydrogens (tertiary/aromatic N) is 1. The van der Waals surface area contributed by atoms with Crippen LogP contribution in [-0.4, -0.2) is 18.6 Å². The first-order valence-electron chi connectivity index (χ1n) is 8.31. The highest BCUT2D eigenvalue weighted by Crippen LogP contribution is 2.36. The van der Waals surface area contributed by atoms with Crippen LogP contribution in [0.25, 0.3) is 0 Å². The number of anilines is 1. The summed E-state index contributed by atoms with van der Waals surface area (Å²) in [7, 11) is 0. The van der Waals surface area contributed by atoms with Gasteiger partial charge < -0.3 is 10.6 Å². The van der Waals surface area contributed by atoms with Crippen LogP contribution < -0.4 is 10.6 Å². The van der Waals surface area contributed by atoms with Crippen molar-refractivity contribution in [2.75, 3.05) is 11.4 Å². The van der Waals surface area contributed by atoms with E-state index in [1.54, 1.807) is 0 Å². The first-order valence-corrected chi connectivity index (χ1v) is 9.11. The van der Waals surface area contributed by atoms with Crippen LogP contribution in [0.3, 0.4) is 0 Å². The van der Waals surface area contributed by atoms with Gasteiger partial charge in [-0.15, -0.1) is 0 Å². The number of hydrogen-bond acceptors (Lipinski definition) is 2. The summed E-state index contributed by atoms with van der Waals surface area (Å²) in [5.74, 6) is 0.750. The molecule has 1 fully saturated rings. The number of halogens is 1. The Hall–Kier alpha value is -0.540. The average Bonchev–Trinajstić information content (AvgIpc) is 3.26. The normalized spacial score (nSPS) is 16.3. The molecule has 1 unspecified atom stereocenters. The van der Waals surface area contributed by atoms with Crippen molar-refractivity contribution in [3.63, 3.8) is 0 Å². The molecule has 1 aromatic carbocycles. The van der Waals surface area contributed by atoms with Gasteiger partial charge in [-0.1, -0.05) is 42.8 Å². The molecule has 0 radical (unpaired) electrons. The van der Waals surface area contributed by atoms with Crippen LogP contribution in [0, 0.1) is 5.92 Å². The maximum absolute atomic E-state index is 6.20. The number of nitrogens with two attached hydrogens (primary N) is 1. The second-order valence-electron chi connectivity index (χ2n) is 6.75. The van der Waals surface area contributed by atoms with E-state index >= 15 is 0 Å². The smallest absolute Gasteiger partial charge is 0.0413 e. The molecule has 0 saturated heterocycles. The summed E-state index contributed by atoms with van der Waals surface area (Å²) in [6, 6.07) is 7.69. The number of hydrogen-bond donors (Lipinski definition) is 1. The minimum absolute atomic E-state index is 0.260. The summed E-state index contributed by atoms with van der Waals surface area (Å²) >= 11 is 3.64. The maximum atomic E-state index is 6.20. The number of rotatable bonds is 8. The van der Waals surface area contributed by atoms with Gasteiger partial charge in [0, 0.05) is 28.8 Å². The Kier molecular flexibility index (Phi) is 6.12. The highest BCUT2D eigenvalue weighted by atomic mass is 79.9. The standard InChI is InChI=1S/C18H29BrN2/c1-4-16(20)11-14-5-6-15(19)12-18(14)21(17-7-8-17)10-9-13(2)3/h5-6,12-13,16-17H,4,7-11,20H2,1-3H3. The van der Waals surface area contributed by atoms with Gasteiger partial charge in [0.2, 0.25) is 0 Å². The fraction of sp³-hybridized carbons (Fsp3) is 0.667. The zero-order chi connectivity index (χ0) is 15.4. The molecule has 0 heterocycles. The van der Waals surface area contributed by atoms with E-state index in [1.807, 2.05) is 0 Å². The van der Waals surface area contributed by atoms with Crippen molar-refractivity contribution < 1.29 is 0 Å². The third kappa shape index (κ3) is 5.00. The van der Waals surface area contributed by atoms with Crippen LogP contribution in [0.2, 0.25) is 0 Å². The quantitative estimate of drug-likeness (QED) is 0.731. The molecule has 0 amide bonds. The molecule has 21 heavy (non-hydrogen) atoms. The van der Waals surface area contributed by atoms with Crippen molar-refractivity contribution in [3.05, 3.63) is 28.2 Å². The van der Waals surface area contributed by atoms with Crippen LogP contribution in [0.4, 0.5) is 5.69 Å². The molecule has 0 bridgehead atoms. The lowest BCUT2D eigenvalue weighted by Crippen LogP contribution is -2.30. The van der Waals surface area contributed by atoms with E-state index in [4.69, 9.17) is 5.73 Å². The predicted molar refractivity (Wildman–Crippen MR) is 95.9 cm³/mol. The van der Waals surface area contributed by atoms with E-state index in [1.165, 1.54) is 35.0 Å². The van der Waals surface area contributed by atoms with Crippen molar-refractivity contribution in [1.29, 1.82) is 0 Å². The van der Waals surface area contributed by atoms with E-state index < -0.39 is 0 Å². The molecular formula is C18H29BrN2. The molecule has 0 aliphatic heterocycles. The van der Waals surface area contributed by atoms with Crippen molar-refractivity contribution in [1.82, 2.24) is 0 Å². The van der Waals surface area contributed by atoms with Crippen LogP contribution in [0.1, 0.15) is 52.0 Å². The van der Waals surface area contributed by atoms with Gasteiger partial charge in [-0.3, -0.25) is 0 Å². The second kappa shape index (κ2) is 7.64. The zero-order valence-corrected chi connectivity index (χ0v) is 15.2. The van der Waals surface area contributed by atoms with Crippen molar-refractivity contribution >= 4 is 21.6 Å². The summed E-state index contributed by atoms with van der Waals surface area (Å²) in [6.45, 7) is 7.94. The Bertz CT molecular complexity index is 455. The highest BCUT2D eigenvalue weighted by Gasteiger charge is 2.30. The van der Waals surface area contributed by atoms with E-state index in [2.05, 4.69) is 59.8 Å². The Labute approximate surface area is 138 Å². The Morgan fingerprint density at radius 1 is 1.33 bits per heavy atom. The molecule has 0 aromatic heterocycles. The van der Waals surface area contributed by atoms with Gasteiger partial charge in [-0.05, 0) is 55.7 Å². The van der Waals surface area contributed by atoms with Crippen LogP contribution in [0.5, 0.6) is 0 Å². The summed E-state index contributed by atoms with van der Waals surface area (Å²) in [5.41, 5.74) is 9.00. The van der Waals surface area contributed by atoms with Gasteiger partial charge in [-0.2, -0.15) is 0 Å². The molecule has 1 aliphatic rings. The van der Waals surface area contributed by atoms with Gasteiger partial charge in [0.15, 0.2) is 0 Å². The van der Waals surface area contributed by atoms with Gasteiger partial charge in [0.25, 0.3) is 0 Å². The van der Waals surface area contributed by atoms with Crippen molar-refractivity contribution in [2.45, 2.75) is 65.0 Å². The predicted octanol–water partition coefficient (Wildman–Crippen LogP) is 4.74. The largest absolute Gasteiger partial charge is 0.368 e. The molecule has 1 aliphatic carbocycles. The highest BCUT2D eigenvalue weighted by molar-refractivity contribution is 9.10. The molecule has 118 valence electrons. The fourth-order valence-corrected chi connectivity index (χ4v) is 3.04. The van der Waals surface area contributed by atoms with Crippen LogP contribution >= 0.6 is 15.9 Å². The molecule has 2 nitrogen and oxygen atoms in total. The molecule has 2 rings (SSSR count). The summed E-state index contributed by atoms with van der Waals surface area (Å²) in [5, 5.41) is 0. The van der Waals surface area contributed by atoms with Crippen LogP contribution in [0.15, 0.2) is 22.7 Å². The van der Waals surface area contributed by atoms with E-state index in [9.17, 15) is 0 Å². The monoisotopic (exact) mass is 352 g/mol. The minimum Gasteiger partial charge on any atom is -0.368 e. The Balaban J connectivity index is 2.22. The molecule has 0 spiro atoms.